The predicted octanol–water partition coefficient (Wildman–Crippen LogP) is 2.29. The molecule has 3 heteroatoms. The van der Waals surface area contributed by atoms with Crippen molar-refractivity contribution in [3.05, 3.63) is 0 Å². The van der Waals surface area contributed by atoms with Gasteiger partial charge in [0.1, 0.15) is 0 Å². The Labute approximate surface area is 105 Å². The lowest BCUT2D eigenvalue weighted by Gasteiger charge is -2.23. The Hall–Kier alpha value is -0.590. The zero-order chi connectivity index (χ0) is 12.1. The minimum atomic E-state index is 0.0744. The van der Waals surface area contributed by atoms with E-state index in [1.807, 2.05) is 0 Å². The topological polar surface area (TPSA) is 39.1 Å². The van der Waals surface area contributed by atoms with Crippen LogP contribution in [0.3, 0.4) is 0 Å². The summed E-state index contributed by atoms with van der Waals surface area (Å²) < 4.78 is 0. The Morgan fingerprint density at radius 2 is 2.06 bits per heavy atom. The first-order chi connectivity index (χ1) is 8.33. The molecule has 1 N–H and O–H groups in total. The van der Waals surface area contributed by atoms with Crippen LogP contribution in [-0.4, -0.2) is 36.1 Å². The van der Waals surface area contributed by atoms with E-state index in [1.165, 1.54) is 45.1 Å². The minimum Gasteiger partial charge on any atom is -0.300 e. The van der Waals surface area contributed by atoms with Gasteiger partial charge in [-0.25, -0.2) is 0 Å². The maximum absolute atomic E-state index is 9.11. The summed E-state index contributed by atoms with van der Waals surface area (Å²) in [5.41, 5.74) is 0. The summed E-state index contributed by atoms with van der Waals surface area (Å²) in [6.07, 6.45) is 8.83. The molecule has 0 aliphatic heterocycles. The molecule has 0 radical (unpaired) electrons. The predicted molar refractivity (Wildman–Crippen MR) is 69.7 cm³/mol. The van der Waals surface area contributed by atoms with Crippen LogP contribution in [0.1, 0.15) is 51.9 Å². The van der Waals surface area contributed by atoms with Crippen LogP contribution in [0.15, 0.2) is 0 Å². The molecule has 0 aromatic heterocycles. The van der Waals surface area contributed by atoms with Gasteiger partial charge < -0.3 is 4.90 Å². The molecule has 1 unspecified atom stereocenters. The zero-order valence-electron chi connectivity index (χ0n) is 11.0. The highest BCUT2D eigenvalue weighted by Gasteiger charge is 2.29. The maximum atomic E-state index is 9.11. The lowest BCUT2D eigenvalue weighted by Crippen LogP contribution is -2.36. The molecule has 2 saturated carbocycles. The first kappa shape index (κ1) is 12.9. The molecule has 0 heterocycles. The van der Waals surface area contributed by atoms with Crippen LogP contribution in [0, 0.1) is 11.3 Å². The summed E-state index contributed by atoms with van der Waals surface area (Å²) in [7, 11) is 0. The molecule has 0 saturated heterocycles. The molecule has 0 spiro atoms. The van der Waals surface area contributed by atoms with Gasteiger partial charge in [0.05, 0.1) is 12.1 Å². The minimum absolute atomic E-state index is 0.0744. The van der Waals surface area contributed by atoms with E-state index >= 15 is 0 Å². The highest BCUT2D eigenvalue weighted by Crippen LogP contribution is 2.27. The average Bonchev–Trinajstić information content (AvgIpc) is 3.19. The number of nitriles is 1. The number of hydrogen-bond donors (Lipinski definition) is 1. The molecule has 0 aromatic rings. The number of unbranched alkanes of at least 4 members (excludes halogenated alkanes) is 1. The van der Waals surface area contributed by atoms with Crippen LogP contribution in [0.4, 0.5) is 0 Å². The fraction of sp³-hybridized carbons (Fsp3) is 0.929. The molecular weight excluding hydrogens is 210 g/mol. The standard InChI is InChI=1S/C14H25N3/c1-2-3-9-17(14-6-7-14)10-8-13(11-15)16-12-4-5-12/h12-14,16H,2-10H2,1H3. The highest BCUT2D eigenvalue weighted by molar-refractivity contribution is 4.96. The number of rotatable bonds is 9. The summed E-state index contributed by atoms with van der Waals surface area (Å²) in [6.45, 7) is 4.57. The average molecular weight is 235 g/mol. The molecule has 0 bridgehead atoms. The highest BCUT2D eigenvalue weighted by atomic mass is 15.2. The van der Waals surface area contributed by atoms with E-state index in [1.54, 1.807) is 0 Å². The number of hydrogen-bond acceptors (Lipinski definition) is 3. The van der Waals surface area contributed by atoms with Crippen LogP contribution in [-0.2, 0) is 0 Å². The van der Waals surface area contributed by atoms with E-state index in [4.69, 9.17) is 5.26 Å². The molecule has 0 aromatic carbocycles. The molecule has 1 atom stereocenters. The molecule has 2 rings (SSSR count). The van der Waals surface area contributed by atoms with Crippen LogP contribution >= 0.6 is 0 Å². The Balaban J connectivity index is 1.67. The summed E-state index contributed by atoms with van der Waals surface area (Å²) >= 11 is 0. The van der Waals surface area contributed by atoms with E-state index in [0.717, 1.165) is 19.0 Å². The lowest BCUT2D eigenvalue weighted by atomic mass is 10.2. The number of nitrogens with one attached hydrogen (secondary N) is 1. The van der Waals surface area contributed by atoms with Crippen LogP contribution in [0.2, 0.25) is 0 Å². The Kier molecular flexibility index (Phi) is 4.82. The SMILES string of the molecule is CCCCN(CCC(C#N)NC1CC1)C1CC1. The van der Waals surface area contributed by atoms with E-state index in [9.17, 15) is 0 Å². The third-order valence-electron chi connectivity index (χ3n) is 3.74. The fourth-order valence-corrected chi connectivity index (χ4v) is 2.29. The second-order valence-corrected chi connectivity index (χ2v) is 5.53. The van der Waals surface area contributed by atoms with Gasteiger partial charge >= 0.3 is 0 Å². The molecular formula is C14H25N3. The lowest BCUT2D eigenvalue weighted by molar-refractivity contribution is 0.249. The molecule has 0 amide bonds. The quantitative estimate of drug-likeness (QED) is 0.666. The Morgan fingerprint density at radius 1 is 1.29 bits per heavy atom. The van der Waals surface area contributed by atoms with Gasteiger partial charge in [-0.2, -0.15) is 5.26 Å². The van der Waals surface area contributed by atoms with E-state index in [2.05, 4.69) is 23.2 Å². The fourth-order valence-electron chi connectivity index (χ4n) is 2.29. The van der Waals surface area contributed by atoms with Gasteiger partial charge in [-0.3, -0.25) is 5.32 Å². The molecule has 17 heavy (non-hydrogen) atoms. The van der Waals surface area contributed by atoms with Crippen molar-refractivity contribution in [1.29, 1.82) is 5.26 Å². The number of nitrogens with zero attached hydrogens (tertiary/aromatic N) is 2. The molecule has 2 fully saturated rings. The van der Waals surface area contributed by atoms with Crippen LogP contribution in [0.5, 0.6) is 0 Å². The van der Waals surface area contributed by atoms with E-state index < -0.39 is 0 Å². The van der Waals surface area contributed by atoms with Crippen molar-refractivity contribution in [3.63, 3.8) is 0 Å². The van der Waals surface area contributed by atoms with Crippen molar-refractivity contribution >= 4 is 0 Å². The van der Waals surface area contributed by atoms with Crippen molar-refractivity contribution in [2.24, 2.45) is 0 Å². The van der Waals surface area contributed by atoms with Crippen molar-refractivity contribution in [3.8, 4) is 6.07 Å². The first-order valence-electron chi connectivity index (χ1n) is 7.23. The third kappa shape index (κ3) is 4.65. The molecule has 96 valence electrons. The van der Waals surface area contributed by atoms with Gasteiger partial charge in [0.25, 0.3) is 0 Å². The summed E-state index contributed by atoms with van der Waals surface area (Å²) in [5.74, 6) is 0. The second kappa shape index (κ2) is 6.37. The Bertz CT molecular complexity index is 263. The van der Waals surface area contributed by atoms with Crippen molar-refractivity contribution in [2.75, 3.05) is 13.1 Å². The maximum Gasteiger partial charge on any atom is 0.0967 e. The van der Waals surface area contributed by atoms with Gasteiger partial charge in [-0.05, 0) is 45.1 Å². The first-order valence-corrected chi connectivity index (χ1v) is 7.23. The summed E-state index contributed by atoms with van der Waals surface area (Å²) in [6, 6.07) is 3.96. The van der Waals surface area contributed by atoms with Gasteiger partial charge in [-0.15, -0.1) is 0 Å². The van der Waals surface area contributed by atoms with Crippen molar-refractivity contribution in [1.82, 2.24) is 10.2 Å². The van der Waals surface area contributed by atoms with Gasteiger partial charge in [0.2, 0.25) is 0 Å². The molecule has 3 nitrogen and oxygen atoms in total. The summed E-state index contributed by atoms with van der Waals surface area (Å²) in [5, 5.41) is 12.5. The van der Waals surface area contributed by atoms with Gasteiger partial charge in [0, 0.05) is 18.6 Å². The molecule has 2 aliphatic carbocycles. The van der Waals surface area contributed by atoms with Crippen molar-refractivity contribution < 1.29 is 0 Å². The van der Waals surface area contributed by atoms with Crippen molar-refractivity contribution in [2.45, 2.75) is 70.0 Å². The zero-order valence-corrected chi connectivity index (χ0v) is 11.0. The van der Waals surface area contributed by atoms with Gasteiger partial charge in [-0.1, -0.05) is 13.3 Å². The Morgan fingerprint density at radius 3 is 2.59 bits per heavy atom. The molecule has 2 aliphatic rings. The normalized spacial score (nSPS) is 21.5. The van der Waals surface area contributed by atoms with Crippen LogP contribution < -0.4 is 5.32 Å². The second-order valence-electron chi connectivity index (χ2n) is 5.53. The smallest absolute Gasteiger partial charge is 0.0967 e. The van der Waals surface area contributed by atoms with E-state index in [0.29, 0.717) is 6.04 Å². The summed E-state index contributed by atoms with van der Waals surface area (Å²) in [4.78, 5) is 2.60. The van der Waals surface area contributed by atoms with E-state index in [-0.39, 0.29) is 6.04 Å². The van der Waals surface area contributed by atoms with Crippen LogP contribution in [0.25, 0.3) is 0 Å². The third-order valence-corrected chi connectivity index (χ3v) is 3.74. The van der Waals surface area contributed by atoms with Gasteiger partial charge in [0.15, 0.2) is 0 Å². The monoisotopic (exact) mass is 235 g/mol. The largest absolute Gasteiger partial charge is 0.300 e.